The van der Waals surface area contributed by atoms with Crippen molar-refractivity contribution in [3.63, 3.8) is 0 Å². The molecule has 2 aromatic heterocycles. The van der Waals surface area contributed by atoms with Crippen LogP contribution in [0.1, 0.15) is 12.5 Å². The van der Waals surface area contributed by atoms with Gasteiger partial charge in [0.25, 0.3) is 0 Å². The van der Waals surface area contributed by atoms with E-state index in [9.17, 15) is 5.11 Å². The highest BCUT2D eigenvalue weighted by Gasteiger charge is 2.25. The van der Waals surface area contributed by atoms with E-state index >= 15 is 0 Å². The number of pyridine rings is 1. The lowest BCUT2D eigenvalue weighted by Crippen LogP contribution is -2.31. The van der Waals surface area contributed by atoms with Crippen molar-refractivity contribution in [3.05, 3.63) is 78.5 Å². The molecule has 0 fully saturated rings. The Hall–Kier alpha value is -3.84. The number of fused-ring (bicyclic) bond motifs is 1. The molecule has 0 radical (unpaired) electrons. The molecule has 1 unspecified atom stereocenters. The van der Waals surface area contributed by atoms with Gasteiger partial charge in [0.2, 0.25) is 0 Å². The number of benzene rings is 2. The van der Waals surface area contributed by atoms with Crippen LogP contribution in [0.3, 0.4) is 0 Å². The number of rotatable bonds is 6. The van der Waals surface area contributed by atoms with Gasteiger partial charge in [-0.3, -0.25) is 4.68 Å². The number of nitrogens with zero attached hydrogens (tertiary/aromatic N) is 4. The molecule has 0 saturated heterocycles. The first-order valence-electron chi connectivity index (χ1n) is 10.7. The van der Waals surface area contributed by atoms with Crippen molar-refractivity contribution in [2.75, 3.05) is 22.1 Å². The van der Waals surface area contributed by atoms with Crippen molar-refractivity contribution in [2.24, 2.45) is 7.05 Å². The largest absolute Gasteiger partial charge is 0.374 e. The molecule has 162 valence electrons. The SMILES string of the molecule is CC(O)N1CCc2cccc(Nc3ccnc(Nc4cc(-c5ccccc5)nn4C)c3)c21. The second kappa shape index (κ2) is 8.36. The predicted octanol–water partition coefficient (Wildman–Crippen LogP) is 4.67. The first kappa shape index (κ1) is 20.1. The maximum atomic E-state index is 10.2. The minimum absolute atomic E-state index is 0.530. The van der Waals surface area contributed by atoms with Crippen LogP contribution in [0.25, 0.3) is 11.3 Å². The lowest BCUT2D eigenvalue weighted by molar-refractivity contribution is 0.191. The van der Waals surface area contributed by atoms with Crippen LogP contribution >= 0.6 is 0 Å². The van der Waals surface area contributed by atoms with Gasteiger partial charge >= 0.3 is 0 Å². The molecular formula is C25H26N6O. The van der Waals surface area contributed by atoms with Crippen molar-refractivity contribution < 1.29 is 5.11 Å². The predicted molar refractivity (Wildman–Crippen MR) is 129 cm³/mol. The number of aliphatic hydroxyl groups is 1. The highest BCUT2D eigenvalue weighted by atomic mass is 16.3. The third-order valence-electron chi connectivity index (χ3n) is 5.72. The van der Waals surface area contributed by atoms with E-state index in [0.717, 1.165) is 52.9 Å². The van der Waals surface area contributed by atoms with Crippen molar-refractivity contribution >= 4 is 28.7 Å². The monoisotopic (exact) mass is 426 g/mol. The Balaban J connectivity index is 1.38. The summed E-state index contributed by atoms with van der Waals surface area (Å²) in [5.41, 5.74) is 6.17. The Morgan fingerprint density at radius 3 is 2.66 bits per heavy atom. The molecule has 1 aliphatic heterocycles. The van der Waals surface area contributed by atoms with E-state index in [0.29, 0.717) is 0 Å². The average molecular weight is 427 g/mol. The molecule has 0 aliphatic carbocycles. The topological polar surface area (TPSA) is 78.2 Å². The van der Waals surface area contributed by atoms with Crippen LogP contribution in [0.5, 0.6) is 0 Å². The molecule has 0 spiro atoms. The van der Waals surface area contributed by atoms with Gasteiger partial charge in [0.05, 0.1) is 17.1 Å². The summed E-state index contributed by atoms with van der Waals surface area (Å²) < 4.78 is 1.81. The summed E-state index contributed by atoms with van der Waals surface area (Å²) in [7, 11) is 1.91. The standard InChI is InChI=1S/C25H26N6O/c1-17(32)31-14-12-19-9-6-10-21(25(19)31)27-20-11-13-26-23(15-20)28-24-16-22(29-30(24)2)18-7-4-3-5-8-18/h3-11,13,15-17,32H,12,14H2,1-2H3,(H2,26,27,28). The molecule has 32 heavy (non-hydrogen) atoms. The van der Waals surface area contributed by atoms with E-state index in [1.54, 1.807) is 13.1 Å². The summed E-state index contributed by atoms with van der Waals surface area (Å²) in [6.45, 7) is 2.62. The minimum Gasteiger partial charge on any atom is -0.374 e. The summed E-state index contributed by atoms with van der Waals surface area (Å²) in [5, 5.41) is 21.7. The third-order valence-corrected chi connectivity index (χ3v) is 5.72. The maximum Gasteiger partial charge on any atom is 0.133 e. The van der Waals surface area contributed by atoms with Gasteiger partial charge in [0, 0.05) is 43.2 Å². The fourth-order valence-electron chi connectivity index (χ4n) is 4.16. The highest BCUT2D eigenvalue weighted by Crippen LogP contribution is 2.38. The van der Waals surface area contributed by atoms with E-state index in [1.807, 2.05) is 77.3 Å². The molecule has 0 saturated carbocycles. The lowest BCUT2D eigenvalue weighted by atomic mass is 10.1. The fraction of sp³-hybridized carbons (Fsp3) is 0.200. The van der Waals surface area contributed by atoms with E-state index in [1.165, 1.54) is 5.56 Å². The van der Waals surface area contributed by atoms with Crippen LogP contribution in [-0.2, 0) is 13.5 Å². The van der Waals surface area contributed by atoms with E-state index in [-0.39, 0.29) is 0 Å². The number of hydrogen-bond donors (Lipinski definition) is 3. The molecule has 0 bridgehead atoms. The fourth-order valence-corrected chi connectivity index (χ4v) is 4.16. The van der Waals surface area contributed by atoms with E-state index in [4.69, 9.17) is 0 Å². The van der Waals surface area contributed by atoms with Gasteiger partial charge in [-0.2, -0.15) is 5.10 Å². The van der Waals surface area contributed by atoms with E-state index < -0.39 is 6.23 Å². The van der Waals surface area contributed by atoms with Gasteiger partial charge in [-0.05, 0) is 31.0 Å². The Bertz CT molecular complexity index is 1230. The van der Waals surface area contributed by atoms with Gasteiger partial charge in [0.1, 0.15) is 17.9 Å². The lowest BCUT2D eigenvalue weighted by Gasteiger charge is -2.25. The second-order valence-electron chi connectivity index (χ2n) is 7.97. The number of para-hydroxylation sites is 1. The van der Waals surface area contributed by atoms with Crippen LogP contribution in [0.15, 0.2) is 72.9 Å². The first-order chi connectivity index (χ1) is 15.6. The number of hydrogen-bond acceptors (Lipinski definition) is 6. The summed E-state index contributed by atoms with van der Waals surface area (Å²) in [4.78, 5) is 6.50. The molecule has 1 aliphatic rings. The van der Waals surface area contributed by atoms with Gasteiger partial charge in [-0.1, -0.05) is 42.5 Å². The zero-order valence-corrected chi connectivity index (χ0v) is 18.2. The molecule has 3 N–H and O–H groups in total. The van der Waals surface area contributed by atoms with Crippen LogP contribution < -0.4 is 15.5 Å². The smallest absolute Gasteiger partial charge is 0.133 e. The van der Waals surface area contributed by atoms with Crippen LogP contribution in [-0.4, -0.2) is 32.6 Å². The molecule has 2 aromatic carbocycles. The first-order valence-corrected chi connectivity index (χ1v) is 10.7. The van der Waals surface area contributed by atoms with Crippen LogP contribution in [0.2, 0.25) is 0 Å². The molecular weight excluding hydrogens is 400 g/mol. The summed E-state index contributed by atoms with van der Waals surface area (Å²) >= 11 is 0. The normalized spacial score (nSPS) is 13.7. The molecule has 7 heteroatoms. The quantitative estimate of drug-likeness (QED) is 0.416. The summed E-state index contributed by atoms with van der Waals surface area (Å²) in [5.74, 6) is 1.58. The molecule has 4 aromatic rings. The maximum absolute atomic E-state index is 10.2. The second-order valence-corrected chi connectivity index (χ2v) is 7.97. The molecule has 7 nitrogen and oxygen atoms in total. The molecule has 3 heterocycles. The van der Waals surface area contributed by atoms with Crippen molar-refractivity contribution in [2.45, 2.75) is 19.6 Å². The molecule has 5 rings (SSSR count). The Labute approximate surface area is 187 Å². The van der Waals surface area contributed by atoms with Gasteiger partial charge in [-0.15, -0.1) is 0 Å². The number of nitrogens with one attached hydrogen (secondary N) is 2. The zero-order chi connectivity index (χ0) is 22.1. The average Bonchev–Trinajstić information content (AvgIpc) is 3.39. The number of aryl methyl sites for hydroxylation is 1. The Kier molecular flexibility index (Phi) is 5.25. The summed E-state index contributed by atoms with van der Waals surface area (Å²) in [6, 6.07) is 22.2. The van der Waals surface area contributed by atoms with Crippen LogP contribution in [0.4, 0.5) is 28.7 Å². The third kappa shape index (κ3) is 3.90. The number of aliphatic hydroxyl groups excluding tert-OH is 1. The van der Waals surface area contributed by atoms with Crippen molar-refractivity contribution in [3.8, 4) is 11.3 Å². The van der Waals surface area contributed by atoms with Gasteiger partial charge in [0.15, 0.2) is 0 Å². The van der Waals surface area contributed by atoms with Crippen LogP contribution in [0, 0.1) is 0 Å². The minimum atomic E-state index is -0.530. The number of anilines is 5. The van der Waals surface area contributed by atoms with Crippen molar-refractivity contribution in [1.29, 1.82) is 0 Å². The highest BCUT2D eigenvalue weighted by molar-refractivity contribution is 5.80. The van der Waals surface area contributed by atoms with Crippen molar-refractivity contribution in [1.82, 2.24) is 14.8 Å². The Morgan fingerprint density at radius 1 is 1.00 bits per heavy atom. The number of aromatic nitrogens is 3. The Morgan fingerprint density at radius 2 is 1.84 bits per heavy atom. The summed E-state index contributed by atoms with van der Waals surface area (Å²) in [6.07, 6.45) is 2.18. The molecule has 1 atom stereocenters. The van der Waals surface area contributed by atoms with E-state index in [2.05, 4.69) is 26.8 Å². The molecule has 0 amide bonds. The van der Waals surface area contributed by atoms with Gasteiger partial charge < -0.3 is 20.6 Å². The zero-order valence-electron chi connectivity index (χ0n) is 18.2. The van der Waals surface area contributed by atoms with Gasteiger partial charge in [-0.25, -0.2) is 4.98 Å².